The first-order valence-corrected chi connectivity index (χ1v) is 6.04. The van der Waals surface area contributed by atoms with Gasteiger partial charge in [-0.25, -0.2) is 4.39 Å². The Balaban J connectivity index is 2.11. The summed E-state index contributed by atoms with van der Waals surface area (Å²) in [5.74, 6) is -1.17. The molecule has 110 valence electrons. The van der Waals surface area contributed by atoms with E-state index >= 15 is 0 Å². The summed E-state index contributed by atoms with van der Waals surface area (Å²) in [5, 5.41) is 10.5. The van der Waals surface area contributed by atoms with Gasteiger partial charge in [0.05, 0.1) is 4.92 Å². The predicted molar refractivity (Wildman–Crippen MR) is 71.7 cm³/mol. The second kappa shape index (κ2) is 6.27. The van der Waals surface area contributed by atoms with E-state index in [-0.39, 0.29) is 18.9 Å². The third-order valence-electron chi connectivity index (χ3n) is 2.78. The van der Waals surface area contributed by atoms with Crippen molar-refractivity contribution in [3.8, 4) is 5.75 Å². The van der Waals surface area contributed by atoms with Crippen molar-refractivity contribution in [1.82, 2.24) is 0 Å². The van der Waals surface area contributed by atoms with Crippen molar-refractivity contribution < 1.29 is 18.4 Å². The Kier molecular flexibility index (Phi) is 4.44. The largest absolute Gasteiger partial charge is 0.489 e. The number of benzene rings is 2. The zero-order valence-electron chi connectivity index (χ0n) is 10.9. The molecular formula is C14H12F2N2O3. The quantitative estimate of drug-likeness (QED) is 0.679. The second-order valence-electron chi connectivity index (χ2n) is 4.33. The third kappa shape index (κ3) is 3.73. The van der Waals surface area contributed by atoms with Crippen LogP contribution in [0.25, 0.3) is 0 Å². The summed E-state index contributed by atoms with van der Waals surface area (Å²) < 4.78 is 32.1. The summed E-state index contributed by atoms with van der Waals surface area (Å²) in [7, 11) is 0. The van der Waals surface area contributed by atoms with Crippen LogP contribution in [0.15, 0.2) is 36.4 Å². The number of nitro benzene ring substituents is 1. The van der Waals surface area contributed by atoms with E-state index in [1.807, 2.05) is 0 Å². The van der Waals surface area contributed by atoms with Crippen LogP contribution in [0.1, 0.15) is 11.1 Å². The Morgan fingerprint density at radius 1 is 1.14 bits per heavy atom. The lowest BCUT2D eigenvalue weighted by Crippen LogP contribution is -2.01. The first kappa shape index (κ1) is 14.9. The highest BCUT2D eigenvalue weighted by atomic mass is 19.1. The Morgan fingerprint density at radius 3 is 2.52 bits per heavy atom. The summed E-state index contributed by atoms with van der Waals surface area (Å²) in [6, 6.07) is 7.50. The SMILES string of the molecule is NCc1cc(F)cc(OCc2ccc([N+](=O)[O-])c(F)c2)c1. The molecule has 0 amide bonds. The molecule has 7 heteroatoms. The van der Waals surface area contributed by atoms with Gasteiger partial charge in [-0.05, 0) is 35.4 Å². The van der Waals surface area contributed by atoms with Crippen molar-refractivity contribution in [2.45, 2.75) is 13.2 Å². The summed E-state index contributed by atoms with van der Waals surface area (Å²) in [5.41, 5.74) is 5.79. The molecule has 0 aromatic heterocycles. The molecule has 0 atom stereocenters. The Morgan fingerprint density at radius 2 is 1.90 bits per heavy atom. The molecule has 0 spiro atoms. The van der Waals surface area contributed by atoms with Gasteiger partial charge >= 0.3 is 5.69 Å². The van der Waals surface area contributed by atoms with E-state index in [0.717, 1.165) is 12.1 Å². The van der Waals surface area contributed by atoms with Gasteiger partial charge in [0.25, 0.3) is 0 Å². The standard InChI is InChI=1S/C14H12F2N2O3/c15-11-3-10(7-17)4-12(6-11)21-8-9-1-2-14(18(19)20)13(16)5-9/h1-6H,7-8,17H2. The number of halogens is 2. The van der Waals surface area contributed by atoms with E-state index in [4.69, 9.17) is 10.5 Å². The molecule has 0 saturated carbocycles. The van der Waals surface area contributed by atoms with Crippen LogP contribution >= 0.6 is 0 Å². The maximum atomic E-state index is 13.4. The number of nitro groups is 1. The number of hydrogen-bond acceptors (Lipinski definition) is 4. The van der Waals surface area contributed by atoms with E-state index in [1.165, 1.54) is 18.2 Å². The van der Waals surface area contributed by atoms with Crippen molar-refractivity contribution in [1.29, 1.82) is 0 Å². The van der Waals surface area contributed by atoms with Crippen LogP contribution in [0.2, 0.25) is 0 Å². The predicted octanol–water partition coefficient (Wildman–Crippen LogP) is 2.91. The molecule has 0 bridgehead atoms. The molecule has 21 heavy (non-hydrogen) atoms. The maximum absolute atomic E-state index is 13.4. The van der Waals surface area contributed by atoms with E-state index in [1.54, 1.807) is 6.07 Å². The van der Waals surface area contributed by atoms with E-state index in [9.17, 15) is 18.9 Å². The first-order valence-electron chi connectivity index (χ1n) is 6.04. The zero-order valence-corrected chi connectivity index (χ0v) is 10.9. The van der Waals surface area contributed by atoms with Crippen molar-refractivity contribution in [3.63, 3.8) is 0 Å². The van der Waals surface area contributed by atoms with Crippen LogP contribution in [0.4, 0.5) is 14.5 Å². The van der Waals surface area contributed by atoms with Gasteiger partial charge < -0.3 is 10.5 Å². The van der Waals surface area contributed by atoms with E-state index < -0.39 is 22.2 Å². The zero-order chi connectivity index (χ0) is 15.4. The molecule has 2 aromatic rings. The van der Waals surface area contributed by atoms with Crippen molar-refractivity contribution >= 4 is 5.69 Å². The molecule has 2 N–H and O–H groups in total. The summed E-state index contributed by atoms with van der Waals surface area (Å²) in [6.45, 7) is 0.128. The van der Waals surface area contributed by atoms with Crippen LogP contribution in [-0.4, -0.2) is 4.92 Å². The highest BCUT2D eigenvalue weighted by Crippen LogP contribution is 2.21. The molecule has 0 aliphatic heterocycles. The van der Waals surface area contributed by atoms with Crippen molar-refractivity contribution in [3.05, 3.63) is 69.3 Å². The Hall–Kier alpha value is -2.54. The molecule has 0 fully saturated rings. The number of ether oxygens (including phenoxy) is 1. The van der Waals surface area contributed by atoms with Gasteiger partial charge in [0, 0.05) is 18.7 Å². The second-order valence-corrected chi connectivity index (χ2v) is 4.33. The lowest BCUT2D eigenvalue weighted by atomic mass is 10.2. The van der Waals surface area contributed by atoms with E-state index in [0.29, 0.717) is 11.1 Å². The summed E-state index contributed by atoms with van der Waals surface area (Å²) in [6.07, 6.45) is 0. The number of nitrogens with two attached hydrogens (primary N) is 1. The number of rotatable bonds is 5. The van der Waals surface area contributed by atoms with Crippen molar-refractivity contribution in [2.75, 3.05) is 0 Å². The molecule has 0 unspecified atom stereocenters. The van der Waals surface area contributed by atoms with Gasteiger partial charge in [0.15, 0.2) is 0 Å². The number of nitrogens with zero attached hydrogens (tertiary/aromatic N) is 1. The fourth-order valence-electron chi connectivity index (χ4n) is 1.78. The lowest BCUT2D eigenvalue weighted by Gasteiger charge is -2.08. The normalized spacial score (nSPS) is 10.4. The topological polar surface area (TPSA) is 78.4 Å². The van der Waals surface area contributed by atoms with Crippen LogP contribution in [0.5, 0.6) is 5.75 Å². The van der Waals surface area contributed by atoms with Crippen LogP contribution in [0, 0.1) is 21.7 Å². The minimum absolute atomic E-state index is 0.0393. The van der Waals surface area contributed by atoms with Gasteiger partial charge in [-0.15, -0.1) is 0 Å². The smallest absolute Gasteiger partial charge is 0.304 e. The number of hydrogen-bond donors (Lipinski definition) is 1. The minimum atomic E-state index is -0.942. The molecule has 0 saturated heterocycles. The fourth-order valence-corrected chi connectivity index (χ4v) is 1.78. The van der Waals surface area contributed by atoms with Gasteiger partial charge in [-0.3, -0.25) is 10.1 Å². The van der Waals surface area contributed by atoms with Crippen LogP contribution in [0.3, 0.4) is 0 Å². The van der Waals surface area contributed by atoms with Gasteiger partial charge in [-0.2, -0.15) is 4.39 Å². The average molecular weight is 294 g/mol. The molecule has 2 rings (SSSR count). The molecule has 0 aliphatic rings. The first-order chi connectivity index (χ1) is 9.99. The average Bonchev–Trinajstić information content (AvgIpc) is 2.44. The highest BCUT2D eigenvalue weighted by Gasteiger charge is 2.13. The fraction of sp³-hybridized carbons (Fsp3) is 0.143. The van der Waals surface area contributed by atoms with Crippen molar-refractivity contribution in [2.24, 2.45) is 5.73 Å². The summed E-state index contributed by atoms with van der Waals surface area (Å²) in [4.78, 5) is 9.70. The Labute approximate surface area is 119 Å². The van der Waals surface area contributed by atoms with Gasteiger partial charge in [-0.1, -0.05) is 0 Å². The van der Waals surface area contributed by atoms with Crippen LogP contribution in [-0.2, 0) is 13.2 Å². The summed E-state index contributed by atoms with van der Waals surface area (Å²) >= 11 is 0. The molecule has 0 heterocycles. The molecule has 2 aromatic carbocycles. The monoisotopic (exact) mass is 294 g/mol. The minimum Gasteiger partial charge on any atom is -0.489 e. The molecule has 0 radical (unpaired) electrons. The molecular weight excluding hydrogens is 282 g/mol. The van der Waals surface area contributed by atoms with E-state index in [2.05, 4.69) is 0 Å². The highest BCUT2D eigenvalue weighted by molar-refractivity contribution is 5.35. The van der Waals surface area contributed by atoms with Gasteiger partial charge in [0.1, 0.15) is 18.2 Å². The van der Waals surface area contributed by atoms with Gasteiger partial charge in [0.2, 0.25) is 5.82 Å². The van der Waals surface area contributed by atoms with Crippen LogP contribution < -0.4 is 10.5 Å². The maximum Gasteiger partial charge on any atom is 0.304 e. The molecule has 5 nitrogen and oxygen atoms in total. The molecule has 0 aliphatic carbocycles. The lowest BCUT2D eigenvalue weighted by molar-refractivity contribution is -0.387. The Bertz CT molecular complexity index is 677. The third-order valence-corrected chi connectivity index (χ3v) is 2.78.